The average Bonchev–Trinajstić information content (AvgIpc) is 2.95. The normalized spacial score (nSPS) is 14.3. The van der Waals surface area contributed by atoms with Gasteiger partial charge in [0, 0.05) is 21.2 Å². The molecule has 0 aliphatic carbocycles. The molecule has 7 nitrogen and oxygen atoms in total. The lowest BCUT2D eigenvalue weighted by molar-refractivity contribution is -0.122. The van der Waals surface area contributed by atoms with E-state index in [-0.39, 0.29) is 17.9 Å². The molecule has 4 aromatic carbocycles. The van der Waals surface area contributed by atoms with Crippen LogP contribution in [0, 0.1) is 0 Å². The fourth-order valence-corrected chi connectivity index (χ4v) is 4.39. The second-order valence-corrected chi connectivity index (χ2v) is 9.63. The van der Waals surface area contributed by atoms with E-state index in [9.17, 15) is 14.4 Å². The summed E-state index contributed by atoms with van der Waals surface area (Å²) in [6.07, 6.45) is 1.35. The van der Waals surface area contributed by atoms with Crippen molar-refractivity contribution in [1.29, 1.82) is 0 Å². The van der Waals surface area contributed by atoms with E-state index in [1.165, 1.54) is 6.08 Å². The summed E-state index contributed by atoms with van der Waals surface area (Å²) in [5.41, 5.74) is 2.17. The molecule has 0 aromatic heterocycles. The molecule has 200 valence electrons. The highest BCUT2D eigenvalue weighted by Crippen LogP contribution is 2.30. The third-order valence-corrected chi connectivity index (χ3v) is 6.66. The number of benzene rings is 4. The Balaban J connectivity index is 1.37. The Morgan fingerprint density at radius 2 is 1.50 bits per heavy atom. The summed E-state index contributed by atoms with van der Waals surface area (Å²) in [6, 6.07) is 27.3. The van der Waals surface area contributed by atoms with Crippen molar-refractivity contribution in [1.82, 2.24) is 5.32 Å². The van der Waals surface area contributed by atoms with Crippen LogP contribution in [0.2, 0.25) is 10.0 Å². The molecule has 0 saturated carbocycles. The first kappa shape index (κ1) is 27.0. The van der Waals surface area contributed by atoms with E-state index in [1.807, 2.05) is 48.5 Å². The number of anilines is 1. The molecule has 4 amide bonds. The van der Waals surface area contributed by atoms with Crippen molar-refractivity contribution in [3.63, 3.8) is 0 Å². The lowest BCUT2D eigenvalue weighted by Gasteiger charge is -2.26. The van der Waals surface area contributed by atoms with Crippen LogP contribution >= 0.6 is 23.2 Å². The zero-order valence-electron chi connectivity index (χ0n) is 21.0. The number of hydrogen-bond acceptors (Lipinski definition) is 5. The van der Waals surface area contributed by atoms with Crippen LogP contribution in [0.3, 0.4) is 0 Å². The molecular formula is C31H22Cl2N2O5. The summed E-state index contributed by atoms with van der Waals surface area (Å²) in [7, 11) is 0. The molecule has 0 unspecified atom stereocenters. The maximum absolute atomic E-state index is 13.4. The van der Waals surface area contributed by atoms with Crippen LogP contribution in [0.25, 0.3) is 6.08 Å². The number of nitrogens with one attached hydrogen (secondary N) is 1. The van der Waals surface area contributed by atoms with Gasteiger partial charge in [0.1, 0.15) is 30.3 Å². The molecule has 1 fully saturated rings. The van der Waals surface area contributed by atoms with Gasteiger partial charge in [-0.2, -0.15) is 0 Å². The summed E-state index contributed by atoms with van der Waals surface area (Å²) in [5, 5.41) is 3.15. The number of rotatable bonds is 8. The number of amides is 4. The molecule has 0 radical (unpaired) electrons. The number of urea groups is 1. The molecule has 9 heteroatoms. The molecule has 1 aliphatic rings. The second kappa shape index (κ2) is 12.1. The summed E-state index contributed by atoms with van der Waals surface area (Å²) in [4.78, 5) is 39.7. The highest BCUT2D eigenvalue weighted by Gasteiger charge is 2.37. The summed E-state index contributed by atoms with van der Waals surface area (Å²) in [5.74, 6) is -0.681. The fourth-order valence-electron chi connectivity index (χ4n) is 4.01. The van der Waals surface area contributed by atoms with E-state index in [2.05, 4.69) is 5.32 Å². The highest BCUT2D eigenvalue weighted by atomic mass is 35.5. The maximum Gasteiger partial charge on any atom is 0.335 e. The molecule has 1 N–H and O–H groups in total. The Kier molecular flexibility index (Phi) is 8.15. The van der Waals surface area contributed by atoms with Gasteiger partial charge >= 0.3 is 6.03 Å². The van der Waals surface area contributed by atoms with Gasteiger partial charge in [0.2, 0.25) is 0 Å². The predicted octanol–water partition coefficient (Wildman–Crippen LogP) is 6.82. The fraction of sp³-hybridized carbons (Fsp3) is 0.0645. The lowest BCUT2D eigenvalue weighted by atomic mass is 10.1. The van der Waals surface area contributed by atoms with Gasteiger partial charge in [0.15, 0.2) is 0 Å². The summed E-state index contributed by atoms with van der Waals surface area (Å²) >= 11 is 12.4. The number of hydrogen-bond donors (Lipinski definition) is 1. The zero-order valence-corrected chi connectivity index (χ0v) is 22.5. The number of carbonyl (C=O) groups excluding carboxylic acids is 3. The molecule has 1 heterocycles. The molecule has 4 aromatic rings. The Morgan fingerprint density at radius 1 is 0.775 bits per heavy atom. The van der Waals surface area contributed by atoms with E-state index < -0.39 is 17.8 Å². The third kappa shape index (κ3) is 6.17. The second-order valence-electron chi connectivity index (χ2n) is 8.79. The molecule has 40 heavy (non-hydrogen) atoms. The number of halogens is 2. The van der Waals surface area contributed by atoms with Crippen molar-refractivity contribution >= 4 is 52.8 Å². The number of ether oxygens (including phenoxy) is 2. The van der Waals surface area contributed by atoms with E-state index in [0.717, 1.165) is 16.0 Å². The quantitative estimate of drug-likeness (QED) is 0.185. The van der Waals surface area contributed by atoms with Crippen molar-refractivity contribution in [2.75, 3.05) is 4.90 Å². The molecular weight excluding hydrogens is 551 g/mol. The van der Waals surface area contributed by atoms with Crippen molar-refractivity contribution in [2.24, 2.45) is 0 Å². The first-order chi connectivity index (χ1) is 19.4. The van der Waals surface area contributed by atoms with Gasteiger partial charge in [0.05, 0.1) is 5.69 Å². The van der Waals surface area contributed by atoms with Gasteiger partial charge in [-0.3, -0.25) is 14.9 Å². The third-order valence-electron chi connectivity index (χ3n) is 6.06. The monoisotopic (exact) mass is 572 g/mol. The Labute approximate surface area is 240 Å². The zero-order chi connectivity index (χ0) is 28.1. The van der Waals surface area contributed by atoms with Crippen LogP contribution in [0.15, 0.2) is 103 Å². The van der Waals surface area contributed by atoms with Gasteiger partial charge < -0.3 is 9.47 Å². The number of barbiturate groups is 1. The van der Waals surface area contributed by atoms with Gasteiger partial charge in [-0.15, -0.1) is 0 Å². The molecule has 1 aliphatic heterocycles. The molecule has 1 saturated heterocycles. The first-order valence-electron chi connectivity index (χ1n) is 12.2. The number of nitrogens with zero attached hydrogens (tertiary/aromatic N) is 1. The Morgan fingerprint density at radius 3 is 2.25 bits per heavy atom. The molecule has 0 bridgehead atoms. The maximum atomic E-state index is 13.4. The Hall–Kier alpha value is -4.59. The van der Waals surface area contributed by atoms with Crippen molar-refractivity contribution in [2.45, 2.75) is 13.2 Å². The van der Waals surface area contributed by atoms with Crippen molar-refractivity contribution < 1.29 is 23.9 Å². The average molecular weight is 573 g/mol. The lowest BCUT2D eigenvalue weighted by Crippen LogP contribution is -2.54. The largest absolute Gasteiger partial charge is 0.489 e. The van der Waals surface area contributed by atoms with Gasteiger partial charge in [0.25, 0.3) is 11.8 Å². The van der Waals surface area contributed by atoms with Crippen molar-refractivity contribution in [3.05, 3.63) is 129 Å². The molecule has 0 spiro atoms. The van der Waals surface area contributed by atoms with Crippen LogP contribution < -0.4 is 19.7 Å². The van der Waals surface area contributed by atoms with Crippen LogP contribution in [-0.4, -0.2) is 17.8 Å². The van der Waals surface area contributed by atoms with E-state index in [1.54, 1.807) is 48.5 Å². The smallest absolute Gasteiger partial charge is 0.335 e. The van der Waals surface area contributed by atoms with Gasteiger partial charge in [-0.1, -0.05) is 71.7 Å². The molecule has 5 rings (SSSR count). The van der Waals surface area contributed by atoms with Crippen LogP contribution in [-0.2, 0) is 22.8 Å². The van der Waals surface area contributed by atoms with Crippen LogP contribution in [0.5, 0.6) is 11.5 Å². The summed E-state index contributed by atoms with van der Waals surface area (Å²) < 4.78 is 11.7. The highest BCUT2D eigenvalue weighted by molar-refractivity contribution is 6.39. The SMILES string of the molecule is O=C1NC(=O)N(c2ccc(OCc3ccccc3)cc2)C(=O)/C1=C/c1cc(Cl)ccc1OCc1ccccc1Cl. The van der Waals surface area contributed by atoms with Crippen LogP contribution in [0.4, 0.5) is 10.5 Å². The van der Waals surface area contributed by atoms with E-state index in [0.29, 0.717) is 33.7 Å². The first-order valence-corrected chi connectivity index (χ1v) is 13.0. The predicted molar refractivity (Wildman–Crippen MR) is 153 cm³/mol. The topological polar surface area (TPSA) is 84.9 Å². The minimum Gasteiger partial charge on any atom is -0.489 e. The minimum absolute atomic E-state index is 0.154. The molecule has 0 atom stereocenters. The standard InChI is InChI=1S/C31H22Cl2N2O5/c32-23-10-15-28(40-19-21-8-4-5-9-27(21)33)22(16-23)17-26-29(36)34-31(38)35(30(26)37)24-11-13-25(14-12-24)39-18-20-6-2-1-3-7-20/h1-17H,18-19H2,(H,34,36,38)/b26-17+. The summed E-state index contributed by atoms with van der Waals surface area (Å²) in [6.45, 7) is 0.520. The van der Waals surface area contributed by atoms with E-state index in [4.69, 9.17) is 32.7 Å². The number of imide groups is 2. The van der Waals surface area contributed by atoms with Crippen LogP contribution in [0.1, 0.15) is 16.7 Å². The van der Waals surface area contributed by atoms with E-state index >= 15 is 0 Å². The van der Waals surface area contributed by atoms with Gasteiger partial charge in [-0.25, -0.2) is 9.69 Å². The van der Waals surface area contributed by atoms with Crippen molar-refractivity contribution in [3.8, 4) is 11.5 Å². The Bertz CT molecular complexity index is 1600. The van der Waals surface area contributed by atoms with Gasteiger partial charge in [-0.05, 0) is 60.2 Å². The number of carbonyl (C=O) groups is 3. The minimum atomic E-state index is -0.855.